The summed E-state index contributed by atoms with van der Waals surface area (Å²) in [6, 6.07) is 18.9. The molecule has 0 unspecified atom stereocenters. The Labute approximate surface area is 139 Å². The molecule has 4 heteroatoms. The highest BCUT2D eigenvalue weighted by atomic mass is 19.1. The van der Waals surface area contributed by atoms with Crippen molar-refractivity contribution in [3.8, 4) is 11.1 Å². The largest absolute Gasteiger partial charge is 0.381 e. The molecule has 2 aromatic heterocycles. The van der Waals surface area contributed by atoms with E-state index in [-0.39, 0.29) is 5.82 Å². The number of aromatic amines is 1. The molecule has 24 heavy (non-hydrogen) atoms. The van der Waals surface area contributed by atoms with Crippen LogP contribution in [0.5, 0.6) is 0 Å². The van der Waals surface area contributed by atoms with Crippen LogP contribution in [-0.4, -0.2) is 9.97 Å². The van der Waals surface area contributed by atoms with Crippen molar-refractivity contribution in [1.82, 2.24) is 9.97 Å². The minimum absolute atomic E-state index is 0.224. The lowest BCUT2D eigenvalue weighted by Crippen LogP contribution is -1.99. The Morgan fingerprint density at radius 1 is 0.917 bits per heavy atom. The molecule has 0 radical (unpaired) electrons. The first-order chi connectivity index (χ1) is 11.8. The molecule has 4 aromatic rings. The van der Waals surface area contributed by atoms with Gasteiger partial charge < -0.3 is 10.3 Å². The minimum atomic E-state index is -0.224. The van der Waals surface area contributed by atoms with Gasteiger partial charge in [-0.2, -0.15) is 0 Å². The maximum atomic E-state index is 12.9. The van der Waals surface area contributed by atoms with Crippen LogP contribution in [0, 0.1) is 5.82 Å². The van der Waals surface area contributed by atoms with Crippen molar-refractivity contribution in [2.75, 3.05) is 5.32 Å². The highest BCUT2D eigenvalue weighted by Crippen LogP contribution is 2.27. The fraction of sp³-hybridized carbons (Fsp3) is 0.0500. The standard InChI is InChI=1S/C20H16FN3/c21-16-5-7-17(8-6-16)24-13-14-1-3-15(4-2-14)18-9-11-22-20-19(18)10-12-23-20/h1-12,24H,13H2,(H,22,23). The molecule has 4 rings (SSSR count). The zero-order chi connectivity index (χ0) is 16.4. The van der Waals surface area contributed by atoms with Crippen LogP contribution in [-0.2, 0) is 6.54 Å². The predicted octanol–water partition coefficient (Wildman–Crippen LogP) is 4.98. The second kappa shape index (κ2) is 6.16. The molecule has 2 aromatic carbocycles. The van der Waals surface area contributed by atoms with Crippen molar-refractivity contribution in [3.05, 3.63) is 84.4 Å². The lowest BCUT2D eigenvalue weighted by molar-refractivity contribution is 0.628. The van der Waals surface area contributed by atoms with Crippen LogP contribution in [0.3, 0.4) is 0 Å². The number of pyridine rings is 1. The van der Waals surface area contributed by atoms with Gasteiger partial charge in [0.2, 0.25) is 0 Å². The quantitative estimate of drug-likeness (QED) is 0.557. The van der Waals surface area contributed by atoms with E-state index in [0.29, 0.717) is 6.54 Å². The Bertz CT molecular complexity index is 956. The molecule has 0 saturated carbocycles. The van der Waals surface area contributed by atoms with Gasteiger partial charge in [-0.25, -0.2) is 9.37 Å². The number of fused-ring (bicyclic) bond motifs is 1. The first-order valence-corrected chi connectivity index (χ1v) is 7.80. The predicted molar refractivity (Wildman–Crippen MR) is 95.3 cm³/mol. The van der Waals surface area contributed by atoms with Gasteiger partial charge in [-0.05, 0) is 53.1 Å². The number of benzene rings is 2. The molecule has 2 heterocycles. The zero-order valence-electron chi connectivity index (χ0n) is 13.0. The van der Waals surface area contributed by atoms with Crippen LogP contribution in [0.25, 0.3) is 22.2 Å². The summed E-state index contributed by atoms with van der Waals surface area (Å²) in [5, 5.41) is 4.41. The Balaban J connectivity index is 1.52. The first kappa shape index (κ1) is 14.5. The van der Waals surface area contributed by atoms with Crippen LogP contribution >= 0.6 is 0 Å². The van der Waals surface area contributed by atoms with E-state index in [0.717, 1.165) is 22.3 Å². The Morgan fingerprint density at radius 3 is 2.50 bits per heavy atom. The molecular weight excluding hydrogens is 301 g/mol. The van der Waals surface area contributed by atoms with Gasteiger partial charge in [0.05, 0.1) is 0 Å². The van der Waals surface area contributed by atoms with E-state index in [2.05, 4.69) is 39.6 Å². The molecule has 0 aliphatic heterocycles. The van der Waals surface area contributed by atoms with E-state index in [1.165, 1.54) is 23.3 Å². The van der Waals surface area contributed by atoms with E-state index < -0.39 is 0 Å². The van der Waals surface area contributed by atoms with Gasteiger partial charge in [0, 0.05) is 30.0 Å². The van der Waals surface area contributed by atoms with Crippen molar-refractivity contribution in [1.29, 1.82) is 0 Å². The third-order valence-corrected chi connectivity index (χ3v) is 4.07. The van der Waals surface area contributed by atoms with Gasteiger partial charge in [-0.15, -0.1) is 0 Å². The fourth-order valence-electron chi connectivity index (χ4n) is 2.79. The number of nitrogens with zero attached hydrogens (tertiary/aromatic N) is 1. The topological polar surface area (TPSA) is 40.7 Å². The van der Waals surface area contributed by atoms with Gasteiger partial charge in [0.1, 0.15) is 11.5 Å². The van der Waals surface area contributed by atoms with E-state index in [1.807, 2.05) is 24.5 Å². The third-order valence-electron chi connectivity index (χ3n) is 4.07. The summed E-state index contributed by atoms with van der Waals surface area (Å²) in [7, 11) is 0. The SMILES string of the molecule is Fc1ccc(NCc2ccc(-c3ccnc4[nH]ccc34)cc2)cc1. The second-order valence-electron chi connectivity index (χ2n) is 5.66. The van der Waals surface area contributed by atoms with E-state index in [1.54, 1.807) is 12.1 Å². The van der Waals surface area contributed by atoms with Crippen molar-refractivity contribution in [2.24, 2.45) is 0 Å². The number of hydrogen-bond acceptors (Lipinski definition) is 2. The van der Waals surface area contributed by atoms with E-state index in [4.69, 9.17) is 0 Å². The van der Waals surface area contributed by atoms with Crippen LogP contribution in [0.15, 0.2) is 73.1 Å². The number of rotatable bonds is 4. The number of H-pyrrole nitrogens is 1. The average Bonchev–Trinajstić information content (AvgIpc) is 3.10. The van der Waals surface area contributed by atoms with Crippen LogP contribution in [0.4, 0.5) is 10.1 Å². The zero-order valence-corrected chi connectivity index (χ0v) is 13.0. The van der Waals surface area contributed by atoms with Gasteiger partial charge in [0.25, 0.3) is 0 Å². The molecule has 0 aliphatic carbocycles. The number of hydrogen-bond donors (Lipinski definition) is 2. The second-order valence-corrected chi connectivity index (χ2v) is 5.66. The summed E-state index contributed by atoms with van der Waals surface area (Å²) in [6.45, 7) is 0.696. The molecule has 0 amide bonds. The molecule has 118 valence electrons. The smallest absolute Gasteiger partial charge is 0.137 e. The number of halogens is 1. The maximum absolute atomic E-state index is 12.9. The summed E-state index contributed by atoms with van der Waals surface area (Å²) < 4.78 is 12.9. The van der Waals surface area contributed by atoms with Gasteiger partial charge in [0.15, 0.2) is 0 Å². The summed E-state index contributed by atoms with van der Waals surface area (Å²) in [6.07, 6.45) is 3.72. The average molecular weight is 317 g/mol. The lowest BCUT2D eigenvalue weighted by atomic mass is 10.0. The Kier molecular flexibility index (Phi) is 3.71. The summed E-state index contributed by atoms with van der Waals surface area (Å²) >= 11 is 0. The lowest BCUT2D eigenvalue weighted by Gasteiger charge is -2.08. The van der Waals surface area contributed by atoms with Crippen molar-refractivity contribution in [3.63, 3.8) is 0 Å². The Morgan fingerprint density at radius 2 is 1.71 bits per heavy atom. The first-order valence-electron chi connectivity index (χ1n) is 7.80. The number of nitrogens with one attached hydrogen (secondary N) is 2. The molecule has 0 fully saturated rings. The molecule has 2 N–H and O–H groups in total. The highest BCUT2D eigenvalue weighted by molar-refractivity contribution is 5.92. The summed E-state index contributed by atoms with van der Waals surface area (Å²) in [4.78, 5) is 7.46. The van der Waals surface area contributed by atoms with Crippen LogP contribution in [0.1, 0.15) is 5.56 Å². The number of aromatic nitrogens is 2. The van der Waals surface area contributed by atoms with Gasteiger partial charge in [-0.3, -0.25) is 0 Å². The fourth-order valence-corrected chi connectivity index (χ4v) is 2.79. The van der Waals surface area contributed by atoms with Gasteiger partial charge in [-0.1, -0.05) is 24.3 Å². The summed E-state index contributed by atoms with van der Waals surface area (Å²) in [5.74, 6) is -0.224. The van der Waals surface area contributed by atoms with Gasteiger partial charge >= 0.3 is 0 Å². The molecule has 0 spiro atoms. The number of anilines is 1. The maximum Gasteiger partial charge on any atom is 0.137 e. The van der Waals surface area contributed by atoms with E-state index >= 15 is 0 Å². The Hall–Kier alpha value is -3.14. The van der Waals surface area contributed by atoms with Crippen molar-refractivity contribution >= 4 is 16.7 Å². The molecule has 0 bridgehead atoms. The highest BCUT2D eigenvalue weighted by Gasteiger charge is 2.05. The molecule has 0 aliphatic rings. The molecule has 3 nitrogen and oxygen atoms in total. The van der Waals surface area contributed by atoms with Crippen LogP contribution in [0.2, 0.25) is 0 Å². The molecular formula is C20H16FN3. The van der Waals surface area contributed by atoms with Crippen molar-refractivity contribution in [2.45, 2.75) is 6.54 Å². The molecule has 0 saturated heterocycles. The van der Waals surface area contributed by atoms with Crippen molar-refractivity contribution < 1.29 is 4.39 Å². The molecule has 0 atom stereocenters. The third kappa shape index (κ3) is 2.86. The monoisotopic (exact) mass is 317 g/mol. The minimum Gasteiger partial charge on any atom is -0.381 e. The van der Waals surface area contributed by atoms with E-state index in [9.17, 15) is 4.39 Å². The summed E-state index contributed by atoms with van der Waals surface area (Å²) in [5.41, 5.74) is 5.30. The van der Waals surface area contributed by atoms with Crippen LogP contribution < -0.4 is 5.32 Å². The normalized spacial score (nSPS) is 10.9.